The lowest BCUT2D eigenvalue weighted by Gasteiger charge is -2.33. The van der Waals surface area contributed by atoms with Gasteiger partial charge in [-0.05, 0) is 20.3 Å². The Morgan fingerprint density at radius 2 is 1.50 bits per heavy atom. The Hall–Kier alpha value is -1.84. The number of hydrazone groups is 1. The second-order valence-corrected chi connectivity index (χ2v) is 8.52. The van der Waals surface area contributed by atoms with Crippen LogP contribution in [0, 0.1) is 0 Å². The van der Waals surface area contributed by atoms with Crippen molar-refractivity contribution < 1.29 is 4.79 Å². The number of carbonyl (C=O) groups is 1. The summed E-state index contributed by atoms with van der Waals surface area (Å²) in [4.78, 5) is 15.1. The standard InChI is InChI=1S/C24H39N3O/c1-4-5-6-7-8-9-10-11-12-16-19-26-20-25-27(21-26)24(2,3)23(28)22-17-14-13-15-18-22/h13-15,17-18,20H,4-12,16,19,21H2,1-3H3. The molecular formula is C24H39N3O. The second kappa shape index (κ2) is 11.9. The number of unbranched alkanes of at least 4 members (excludes halogenated alkanes) is 9. The van der Waals surface area contributed by atoms with Gasteiger partial charge in [0.15, 0.2) is 5.78 Å². The van der Waals surface area contributed by atoms with Crippen LogP contribution in [0.5, 0.6) is 0 Å². The quantitative estimate of drug-likeness (QED) is 0.287. The van der Waals surface area contributed by atoms with E-state index in [1.165, 1.54) is 64.2 Å². The maximum Gasteiger partial charge on any atom is 0.189 e. The molecule has 0 fully saturated rings. The third-order valence-electron chi connectivity index (χ3n) is 5.71. The number of ketones is 1. The van der Waals surface area contributed by atoms with Crippen LogP contribution < -0.4 is 0 Å². The van der Waals surface area contributed by atoms with Crippen molar-refractivity contribution in [1.29, 1.82) is 0 Å². The lowest BCUT2D eigenvalue weighted by molar-refractivity contribution is 0.0604. The Morgan fingerprint density at radius 1 is 0.929 bits per heavy atom. The Bertz CT molecular complexity index is 597. The van der Waals surface area contributed by atoms with E-state index in [4.69, 9.17) is 0 Å². The van der Waals surface area contributed by atoms with Crippen LogP contribution in [0.3, 0.4) is 0 Å². The summed E-state index contributed by atoms with van der Waals surface area (Å²) < 4.78 is 0. The van der Waals surface area contributed by atoms with Crippen LogP contribution >= 0.6 is 0 Å². The summed E-state index contributed by atoms with van der Waals surface area (Å²) in [6.45, 7) is 7.91. The van der Waals surface area contributed by atoms with Crippen LogP contribution in [-0.2, 0) is 0 Å². The van der Waals surface area contributed by atoms with Gasteiger partial charge < -0.3 is 4.90 Å². The van der Waals surface area contributed by atoms with Gasteiger partial charge in [-0.2, -0.15) is 5.10 Å². The van der Waals surface area contributed by atoms with Crippen molar-refractivity contribution in [3.05, 3.63) is 35.9 Å². The highest BCUT2D eigenvalue weighted by Crippen LogP contribution is 2.23. The average molecular weight is 386 g/mol. The summed E-state index contributed by atoms with van der Waals surface area (Å²) in [7, 11) is 0. The highest BCUT2D eigenvalue weighted by atomic mass is 16.1. The van der Waals surface area contributed by atoms with Gasteiger partial charge in [0.25, 0.3) is 0 Å². The van der Waals surface area contributed by atoms with E-state index in [0.717, 1.165) is 12.1 Å². The molecule has 1 aromatic rings. The van der Waals surface area contributed by atoms with Crippen molar-refractivity contribution in [3.63, 3.8) is 0 Å². The van der Waals surface area contributed by atoms with Gasteiger partial charge in [0.2, 0.25) is 0 Å². The number of rotatable bonds is 14. The molecule has 0 aliphatic carbocycles. The summed E-state index contributed by atoms with van der Waals surface area (Å²) in [5.41, 5.74) is 0.112. The van der Waals surface area contributed by atoms with E-state index in [1.54, 1.807) is 0 Å². The van der Waals surface area contributed by atoms with Crippen molar-refractivity contribution in [1.82, 2.24) is 9.91 Å². The fourth-order valence-electron chi connectivity index (χ4n) is 3.69. The minimum absolute atomic E-state index is 0.117. The monoisotopic (exact) mass is 385 g/mol. The first-order valence-corrected chi connectivity index (χ1v) is 11.2. The van der Waals surface area contributed by atoms with E-state index in [2.05, 4.69) is 16.9 Å². The Balaban J connectivity index is 1.61. The number of hydrogen-bond donors (Lipinski definition) is 0. The molecule has 0 N–H and O–H groups in total. The van der Waals surface area contributed by atoms with Crippen molar-refractivity contribution in [2.24, 2.45) is 5.10 Å². The van der Waals surface area contributed by atoms with Gasteiger partial charge in [-0.25, -0.2) is 0 Å². The molecular weight excluding hydrogens is 346 g/mol. The topological polar surface area (TPSA) is 35.9 Å². The highest BCUT2D eigenvalue weighted by molar-refractivity contribution is 6.02. The molecule has 1 aliphatic rings. The van der Waals surface area contributed by atoms with Gasteiger partial charge in [0.05, 0.1) is 0 Å². The van der Waals surface area contributed by atoms with Gasteiger partial charge in [0, 0.05) is 12.1 Å². The smallest absolute Gasteiger partial charge is 0.189 e. The average Bonchev–Trinajstić information content (AvgIpc) is 3.19. The van der Waals surface area contributed by atoms with Gasteiger partial charge in [-0.15, -0.1) is 0 Å². The predicted octanol–water partition coefficient (Wildman–Crippen LogP) is 6.09. The van der Waals surface area contributed by atoms with Gasteiger partial charge in [-0.3, -0.25) is 9.80 Å². The molecule has 4 heteroatoms. The molecule has 2 rings (SSSR count). The first-order chi connectivity index (χ1) is 13.6. The lowest BCUT2D eigenvalue weighted by Crippen LogP contribution is -2.48. The zero-order valence-corrected chi connectivity index (χ0v) is 18.2. The molecule has 4 nitrogen and oxygen atoms in total. The number of benzene rings is 1. The van der Waals surface area contributed by atoms with Gasteiger partial charge >= 0.3 is 0 Å². The molecule has 28 heavy (non-hydrogen) atoms. The SMILES string of the molecule is CCCCCCCCCCCCN1C=NN(C(C)(C)C(=O)c2ccccc2)C1. The van der Waals surface area contributed by atoms with Gasteiger partial charge in [-0.1, -0.05) is 95.0 Å². The summed E-state index contributed by atoms with van der Waals surface area (Å²) in [5.74, 6) is 0.117. The predicted molar refractivity (Wildman–Crippen MR) is 119 cm³/mol. The van der Waals surface area contributed by atoms with Crippen LogP contribution in [0.2, 0.25) is 0 Å². The molecule has 0 aromatic heterocycles. The van der Waals surface area contributed by atoms with Crippen LogP contribution in [-0.4, -0.2) is 40.8 Å². The van der Waals surface area contributed by atoms with Crippen LogP contribution in [0.1, 0.15) is 95.3 Å². The zero-order valence-electron chi connectivity index (χ0n) is 18.2. The maximum atomic E-state index is 12.9. The fraction of sp³-hybridized carbons (Fsp3) is 0.667. The molecule has 0 saturated carbocycles. The molecule has 156 valence electrons. The summed E-state index contributed by atoms with van der Waals surface area (Å²) in [6.07, 6.45) is 15.4. The number of nitrogens with zero attached hydrogens (tertiary/aromatic N) is 3. The maximum absolute atomic E-state index is 12.9. The number of Topliss-reactive ketones (excluding diaryl/α,β-unsaturated/α-hetero) is 1. The summed E-state index contributed by atoms with van der Waals surface area (Å²) >= 11 is 0. The lowest BCUT2D eigenvalue weighted by atomic mass is 9.93. The zero-order chi connectivity index (χ0) is 20.2. The first-order valence-electron chi connectivity index (χ1n) is 11.2. The minimum atomic E-state index is -0.635. The molecule has 0 bridgehead atoms. The van der Waals surface area contributed by atoms with Crippen LogP contribution in [0.4, 0.5) is 0 Å². The van der Waals surface area contributed by atoms with Crippen LogP contribution in [0.15, 0.2) is 35.4 Å². The molecule has 1 heterocycles. The van der Waals surface area contributed by atoms with E-state index in [9.17, 15) is 4.79 Å². The molecule has 0 amide bonds. The molecule has 0 saturated heterocycles. The Morgan fingerprint density at radius 3 is 2.11 bits per heavy atom. The molecule has 0 radical (unpaired) electrons. The minimum Gasteiger partial charge on any atom is -0.342 e. The molecule has 0 atom stereocenters. The molecule has 1 aliphatic heterocycles. The first kappa shape index (κ1) is 22.4. The highest BCUT2D eigenvalue weighted by Gasteiger charge is 2.37. The normalized spacial score (nSPS) is 14.1. The Kier molecular flexibility index (Phi) is 9.52. The molecule has 0 spiro atoms. The molecule has 1 aromatic carbocycles. The van der Waals surface area contributed by atoms with Crippen molar-refractivity contribution in [2.45, 2.75) is 90.5 Å². The van der Waals surface area contributed by atoms with Crippen molar-refractivity contribution in [3.8, 4) is 0 Å². The largest absolute Gasteiger partial charge is 0.342 e. The molecule has 0 unspecified atom stereocenters. The number of hydrogen-bond acceptors (Lipinski definition) is 4. The van der Waals surface area contributed by atoms with E-state index in [-0.39, 0.29) is 5.78 Å². The van der Waals surface area contributed by atoms with E-state index < -0.39 is 5.54 Å². The van der Waals surface area contributed by atoms with Gasteiger partial charge in [0.1, 0.15) is 18.5 Å². The van der Waals surface area contributed by atoms with Crippen molar-refractivity contribution >= 4 is 12.1 Å². The third-order valence-corrected chi connectivity index (χ3v) is 5.71. The van der Waals surface area contributed by atoms with Crippen molar-refractivity contribution in [2.75, 3.05) is 13.2 Å². The van der Waals surface area contributed by atoms with E-state index in [1.807, 2.05) is 55.5 Å². The Labute approximate surface area is 172 Å². The van der Waals surface area contributed by atoms with E-state index in [0.29, 0.717) is 6.67 Å². The third kappa shape index (κ3) is 6.96. The van der Waals surface area contributed by atoms with E-state index >= 15 is 0 Å². The summed E-state index contributed by atoms with van der Waals surface area (Å²) in [5, 5.41) is 6.43. The summed E-state index contributed by atoms with van der Waals surface area (Å²) in [6, 6.07) is 9.52. The number of carbonyl (C=O) groups excluding carboxylic acids is 1. The second-order valence-electron chi connectivity index (χ2n) is 8.52. The van der Waals surface area contributed by atoms with Crippen LogP contribution in [0.25, 0.3) is 0 Å². The fourth-order valence-corrected chi connectivity index (χ4v) is 3.69.